The summed E-state index contributed by atoms with van der Waals surface area (Å²) >= 11 is 0. The third kappa shape index (κ3) is 19.0. The molecule has 10 atom stereocenters. The van der Waals surface area contributed by atoms with E-state index < -0.39 is 77.1 Å². The van der Waals surface area contributed by atoms with Crippen LogP contribution in [0.25, 0.3) is 0 Å². The average molecular weight is 1230 g/mol. The van der Waals surface area contributed by atoms with Crippen LogP contribution >= 0.6 is 0 Å². The molecule has 0 amide bonds. The molecule has 15 heteroatoms. The maximum atomic E-state index is 14.7. The van der Waals surface area contributed by atoms with E-state index >= 15 is 0 Å². The predicted molar refractivity (Wildman–Crippen MR) is 344 cm³/mol. The highest BCUT2D eigenvalue weighted by atomic mass is 32.2. The Morgan fingerprint density at radius 2 is 0.678 bits per heavy atom. The minimum absolute atomic E-state index is 0.0603. The van der Waals surface area contributed by atoms with Gasteiger partial charge in [0.25, 0.3) is 0 Å². The summed E-state index contributed by atoms with van der Waals surface area (Å²) < 4.78 is 106. The molecule has 2 fully saturated rings. The molecule has 9 aromatic carbocycles. The summed E-state index contributed by atoms with van der Waals surface area (Å²) in [7, 11) is -4.45. The van der Waals surface area contributed by atoms with Crippen molar-refractivity contribution >= 4 is 22.0 Å². The summed E-state index contributed by atoms with van der Waals surface area (Å²) in [5, 5.41) is 0. The van der Waals surface area contributed by atoms with Gasteiger partial charge in [0.05, 0.1) is 65.1 Å². The molecule has 2 aliphatic rings. The standard InChI is InChI=1S/C75H75NO13S/c77-90(78,89-65-43-41-56(42-44-65)45-76-64-39-23-8-24-40-64)55-68-70(82-49-60-31-15-4-16-32-60)72(83-50-61-33-17-5-18-34-61)71(67(86-68)54-80-47-58-27-11-2-12-28-58)88-75-74(85-52-63-37-21-7-22-38-63)73(84-51-62-35-19-6-20-36-62)69(81-48-59-29-13-3-14-30-59)66(87-75)53-79-46-57-25-9-1-10-26-57/h1-45,66-75H,46-55H2/b76-45+/t66?,67?,68-,69+,70?,71+,72-,73+,74?,75-/m0/s1. The normalized spacial score (nSPS) is 21.9. The van der Waals surface area contributed by atoms with Crippen LogP contribution in [0.1, 0.15) is 44.5 Å². The van der Waals surface area contributed by atoms with Crippen molar-refractivity contribution in [3.05, 3.63) is 311 Å². The molecular formula is C75H75NO13S. The Balaban J connectivity index is 0.983. The SMILES string of the molecule is O=S(=O)(C[C@@H]1OC(COCc2ccccc2)[C@@H](O[C@@H]2OC(COCc3ccccc3)[C@@H](OCc3ccccc3)[C@@H](OCc3ccccc3)C2OCc2ccccc2)[C@@H](OCc2ccccc2)C1OCc1ccccc1)Oc1ccc(/C=N/c2ccccc2)cc1. The van der Waals surface area contributed by atoms with E-state index in [1.807, 2.05) is 243 Å². The lowest BCUT2D eigenvalue weighted by atomic mass is 9.93. The highest BCUT2D eigenvalue weighted by molar-refractivity contribution is 7.87. The van der Waals surface area contributed by atoms with Gasteiger partial charge in [-0.1, -0.05) is 231 Å². The third-order valence-electron chi connectivity index (χ3n) is 15.4. The van der Waals surface area contributed by atoms with Crippen LogP contribution in [-0.4, -0.2) is 94.8 Å². The van der Waals surface area contributed by atoms with Crippen molar-refractivity contribution in [2.75, 3.05) is 19.0 Å². The van der Waals surface area contributed by atoms with Crippen LogP contribution in [0.5, 0.6) is 5.75 Å². The molecule has 0 aliphatic carbocycles. The Morgan fingerprint density at radius 3 is 1.09 bits per heavy atom. The average Bonchev–Trinajstić information content (AvgIpc) is 0.869. The van der Waals surface area contributed by atoms with Gasteiger partial charge in [-0.25, -0.2) is 0 Å². The van der Waals surface area contributed by atoms with E-state index in [1.54, 1.807) is 30.5 Å². The van der Waals surface area contributed by atoms with Gasteiger partial charge in [0.2, 0.25) is 0 Å². The summed E-state index contributed by atoms with van der Waals surface area (Å²) in [6, 6.07) is 85.1. The summed E-state index contributed by atoms with van der Waals surface area (Å²) in [6.07, 6.45) is -8.52. The van der Waals surface area contributed by atoms with Gasteiger partial charge in [-0.2, -0.15) is 8.42 Å². The van der Waals surface area contributed by atoms with E-state index in [1.165, 1.54) is 0 Å². The van der Waals surface area contributed by atoms with Crippen molar-refractivity contribution in [1.82, 2.24) is 0 Å². The molecule has 2 aliphatic heterocycles. The second kappa shape index (κ2) is 33.2. The smallest absolute Gasteiger partial charge is 0.311 e. The maximum Gasteiger partial charge on any atom is 0.311 e. The molecule has 90 heavy (non-hydrogen) atoms. The van der Waals surface area contributed by atoms with E-state index in [0.717, 1.165) is 50.2 Å². The lowest BCUT2D eigenvalue weighted by Crippen LogP contribution is -2.66. The maximum absolute atomic E-state index is 14.7. The fourth-order valence-corrected chi connectivity index (χ4v) is 12.0. The summed E-state index contributed by atoms with van der Waals surface area (Å²) in [5.41, 5.74) is 7.90. The first kappa shape index (κ1) is 63.6. The van der Waals surface area contributed by atoms with Gasteiger partial charge in [0.15, 0.2) is 6.29 Å². The molecule has 0 spiro atoms. The molecule has 0 radical (unpaired) electrons. The van der Waals surface area contributed by atoms with Crippen molar-refractivity contribution in [2.24, 2.45) is 4.99 Å². The van der Waals surface area contributed by atoms with Crippen LogP contribution in [0.4, 0.5) is 5.69 Å². The lowest BCUT2D eigenvalue weighted by molar-refractivity contribution is -0.362. The van der Waals surface area contributed by atoms with Gasteiger partial charge in [0.1, 0.15) is 66.4 Å². The number of nitrogens with zero attached hydrogens (tertiary/aromatic N) is 1. The largest absolute Gasteiger partial charge is 0.382 e. The zero-order chi connectivity index (χ0) is 61.4. The Labute approximate surface area is 528 Å². The van der Waals surface area contributed by atoms with Crippen LogP contribution in [-0.2, 0) is 104 Å². The van der Waals surface area contributed by atoms with Gasteiger partial charge in [0, 0.05) is 6.21 Å². The first-order valence-electron chi connectivity index (χ1n) is 30.4. The second-order valence-electron chi connectivity index (χ2n) is 22.1. The zero-order valence-electron chi connectivity index (χ0n) is 50.0. The molecule has 4 unspecified atom stereocenters. The van der Waals surface area contributed by atoms with Gasteiger partial charge in [-0.05, 0) is 80.9 Å². The van der Waals surface area contributed by atoms with Crippen molar-refractivity contribution in [2.45, 2.75) is 107 Å². The van der Waals surface area contributed by atoms with Crippen LogP contribution in [0.15, 0.2) is 272 Å². The quantitative estimate of drug-likeness (QED) is 0.0300. The minimum Gasteiger partial charge on any atom is -0.382 e. The van der Waals surface area contributed by atoms with Gasteiger partial charge >= 0.3 is 10.1 Å². The lowest BCUT2D eigenvalue weighted by Gasteiger charge is -2.50. The van der Waals surface area contributed by atoms with Crippen molar-refractivity contribution in [3.8, 4) is 5.75 Å². The number of ether oxygens (including phenoxy) is 10. The summed E-state index contributed by atoms with van der Waals surface area (Å²) in [4.78, 5) is 4.55. The van der Waals surface area contributed by atoms with Gasteiger partial charge in [-0.15, -0.1) is 0 Å². The number of hydrogen-bond acceptors (Lipinski definition) is 14. The Hall–Kier alpha value is -8.00. The molecule has 2 heterocycles. The van der Waals surface area contributed by atoms with Crippen LogP contribution in [0.2, 0.25) is 0 Å². The topological polar surface area (TPSA) is 148 Å². The van der Waals surface area contributed by atoms with Crippen LogP contribution in [0, 0.1) is 0 Å². The number of hydrogen-bond donors (Lipinski definition) is 0. The van der Waals surface area contributed by atoms with E-state index in [9.17, 15) is 8.42 Å². The number of rotatable bonds is 31. The van der Waals surface area contributed by atoms with E-state index in [4.69, 9.17) is 51.6 Å². The van der Waals surface area contributed by atoms with E-state index in [0.29, 0.717) is 0 Å². The second-order valence-corrected chi connectivity index (χ2v) is 23.7. The molecule has 464 valence electrons. The minimum atomic E-state index is -4.45. The molecule has 9 aromatic rings. The van der Waals surface area contributed by atoms with Gasteiger partial charge in [-0.3, -0.25) is 4.99 Å². The Kier molecular flexibility index (Phi) is 23.4. The van der Waals surface area contributed by atoms with Crippen molar-refractivity contribution in [1.29, 1.82) is 0 Å². The molecule has 14 nitrogen and oxygen atoms in total. The monoisotopic (exact) mass is 1230 g/mol. The molecule has 0 saturated carbocycles. The number of benzene rings is 9. The Morgan fingerprint density at radius 1 is 0.344 bits per heavy atom. The first-order chi connectivity index (χ1) is 44.3. The van der Waals surface area contributed by atoms with E-state index in [2.05, 4.69) is 4.99 Å². The summed E-state index contributed by atoms with van der Waals surface area (Å²) in [6.45, 7) is 1.18. The highest BCUT2D eigenvalue weighted by Gasteiger charge is 2.55. The third-order valence-corrected chi connectivity index (χ3v) is 16.6. The van der Waals surface area contributed by atoms with Crippen molar-refractivity contribution in [3.63, 3.8) is 0 Å². The molecule has 11 rings (SSSR count). The number of para-hydroxylation sites is 1. The van der Waals surface area contributed by atoms with Crippen LogP contribution in [0.3, 0.4) is 0 Å². The van der Waals surface area contributed by atoms with E-state index in [-0.39, 0.29) is 65.2 Å². The van der Waals surface area contributed by atoms with Crippen molar-refractivity contribution < 1.29 is 60.0 Å². The molecule has 2 saturated heterocycles. The molecular weight excluding hydrogens is 1150 g/mol. The molecule has 0 aromatic heterocycles. The highest BCUT2D eigenvalue weighted by Crippen LogP contribution is 2.38. The van der Waals surface area contributed by atoms with Crippen LogP contribution < -0.4 is 4.18 Å². The summed E-state index contributed by atoms with van der Waals surface area (Å²) in [5.74, 6) is -0.533. The fourth-order valence-electron chi connectivity index (χ4n) is 10.9. The fraction of sp³-hybridized carbons (Fsp3) is 0.267. The van der Waals surface area contributed by atoms with Gasteiger partial charge < -0.3 is 51.6 Å². The number of aliphatic imine (C=N–C) groups is 1. The molecule has 0 bridgehead atoms. The first-order valence-corrected chi connectivity index (χ1v) is 32.0. The Bertz CT molecular complexity index is 3620. The molecule has 0 N–H and O–H groups in total. The zero-order valence-corrected chi connectivity index (χ0v) is 50.8. The predicted octanol–water partition coefficient (Wildman–Crippen LogP) is 13.4.